The van der Waals surface area contributed by atoms with Crippen molar-refractivity contribution in [3.63, 3.8) is 0 Å². The number of rotatable bonds is 2. The molecular weight excluding hydrogens is 218 g/mol. The molecule has 1 amide bonds. The van der Waals surface area contributed by atoms with Crippen LogP contribution in [0.3, 0.4) is 0 Å². The van der Waals surface area contributed by atoms with Crippen LogP contribution in [0.1, 0.15) is 33.5 Å². The van der Waals surface area contributed by atoms with Crippen molar-refractivity contribution in [1.29, 1.82) is 0 Å². The number of fused-ring (bicyclic) bond motifs is 1. The Hall–Kier alpha value is -1.27. The lowest BCUT2D eigenvalue weighted by Gasteiger charge is -2.16. The molecule has 1 heterocycles. The van der Waals surface area contributed by atoms with E-state index in [2.05, 4.69) is 18.2 Å². The zero-order chi connectivity index (χ0) is 11.5. The molecule has 84 valence electrons. The molecule has 0 saturated heterocycles. The van der Waals surface area contributed by atoms with E-state index >= 15 is 0 Å². The number of carbonyl (C=O) groups is 1. The second-order valence-electron chi connectivity index (χ2n) is 4.29. The smallest absolute Gasteiger partial charge is 0.262 e. The number of hydrogen-bond acceptors (Lipinski definition) is 2. The molecule has 1 aromatic rings. The van der Waals surface area contributed by atoms with Crippen LogP contribution in [0, 0.1) is 18.3 Å². The highest BCUT2D eigenvalue weighted by atomic mass is 32.1. The topological polar surface area (TPSA) is 29.1 Å². The summed E-state index contributed by atoms with van der Waals surface area (Å²) in [5.74, 6) is 3.11. The summed E-state index contributed by atoms with van der Waals surface area (Å²) >= 11 is 1.62. The molecule has 16 heavy (non-hydrogen) atoms. The van der Waals surface area contributed by atoms with Crippen molar-refractivity contribution in [2.75, 3.05) is 6.54 Å². The molecule has 1 unspecified atom stereocenters. The molecule has 1 aliphatic carbocycles. The first-order valence-electron chi connectivity index (χ1n) is 5.54. The number of amides is 1. The fourth-order valence-electron chi connectivity index (χ4n) is 2.04. The molecule has 1 atom stereocenters. The number of carbonyl (C=O) groups excluding carboxylic acids is 1. The van der Waals surface area contributed by atoms with Gasteiger partial charge >= 0.3 is 0 Å². The largest absolute Gasteiger partial charge is 0.340 e. The van der Waals surface area contributed by atoms with Crippen molar-refractivity contribution in [1.82, 2.24) is 5.32 Å². The fraction of sp³-hybridized carbons (Fsp3) is 0.462. The number of terminal acetylenes is 1. The molecule has 1 N–H and O–H groups in total. The average Bonchev–Trinajstić information content (AvgIpc) is 2.68. The molecular formula is C13H15NOS. The third-order valence-electron chi connectivity index (χ3n) is 2.90. The third-order valence-corrected chi connectivity index (χ3v) is 4.14. The van der Waals surface area contributed by atoms with E-state index in [-0.39, 0.29) is 5.91 Å². The number of nitrogens with one attached hydrogen (secondary N) is 1. The summed E-state index contributed by atoms with van der Waals surface area (Å²) in [5.41, 5.74) is 1.36. The Morgan fingerprint density at radius 3 is 3.31 bits per heavy atom. The molecule has 2 nitrogen and oxygen atoms in total. The molecule has 0 fully saturated rings. The Kier molecular flexibility index (Phi) is 3.31. The van der Waals surface area contributed by atoms with Crippen molar-refractivity contribution >= 4 is 17.2 Å². The minimum Gasteiger partial charge on any atom is -0.340 e. The van der Waals surface area contributed by atoms with Gasteiger partial charge in [-0.3, -0.25) is 4.79 Å². The molecule has 1 aliphatic rings. The van der Waals surface area contributed by atoms with Gasteiger partial charge in [0.15, 0.2) is 0 Å². The summed E-state index contributed by atoms with van der Waals surface area (Å²) < 4.78 is 0. The van der Waals surface area contributed by atoms with Crippen molar-refractivity contribution in [2.24, 2.45) is 5.92 Å². The van der Waals surface area contributed by atoms with E-state index in [1.165, 1.54) is 16.9 Å². The highest BCUT2D eigenvalue weighted by Gasteiger charge is 2.20. The van der Waals surface area contributed by atoms with Gasteiger partial charge in [-0.05, 0) is 36.8 Å². The molecule has 0 spiro atoms. The summed E-state index contributed by atoms with van der Waals surface area (Å²) in [5, 5.41) is 2.70. The van der Waals surface area contributed by atoms with E-state index in [1.807, 2.05) is 6.07 Å². The van der Waals surface area contributed by atoms with Crippen molar-refractivity contribution in [3.05, 3.63) is 21.4 Å². The van der Waals surface area contributed by atoms with E-state index in [0.29, 0.717) is 6.54 Å². The summed E-state index contributed by atoms with van der Waals surface area (Å²) in [6.07, 6.45) is 8.56. The summed E-state index contributed by atoms with van der Waals surface area (Å²) in [7, 11) is 0. The third kappa shape index (κ3) is 2.28. The number of hydrogen-bond donors (Lipinski definition) is 1. The summed E-state index contributed by atoms with van der Waals surface area (Å²) in [6, 6.07) is 2.03. The Morgan fingerprint density at radius 1 is 1.75 bits per heavy atom. The SMILES string of the molecule is C#CCNC(=O)c1cc2c(s1)CCC(C)C2. The normalized spacial score (nSPS) is 18.6. The summed E-state index contributed by atoms with van der Waals surface area (Å²) in [6.45, 7) is 2.57. The fourth-order valence-corrected chi connectivity index (χ4v) is 3.16. The molecule has 0 radical (unpaired) electrons. The standard InChI is InChI=1S/C13H15NOS/c1-3-6-14-13(15)12-8-10-7-9(2)4-5-11(10)16-12/h1,8-9H,4-7H2,2H3,(H,14,15). The van der Waals surface area contributed by atoms with Crippen LogP contribution in [-0.2, 0) is 12.8 Å². The van der Waals surface area contributed by atoms with Crippen LogP contribution in [0.15, 0.2) is 6.07 Å². The van der Waals surface area contributed by atoms with Gasteiger partial charge in [-0.2, -0.15) is 0 Å². The predicted octanol–water partition coefficient (Wildman–Crippen LogP) is 2.24. The zero-order valence-corrected chi connectivity index (χ0v) is 10.2. The Balaban J connectivity index is 2.13. The van der Waals surface area contributed by atoms with Crippen LogP contribution in [0.25, 0.3) is 0 Å². The van der Waals surface area contributed by atoms with Gasteiger partial charge < -0.3 is 5.32 Å². The van der Waals surface area contributed by atoms with Gasteiger partial charge in [0.25, 0.3) is 5.91 Å². The lowest BCUT2D eigenvalue weighted by molar-refractivity contribution is 0.0962. The maximum Gasteiger partial charge on any atom is 0.262 e. The minimum atomic E-state index is -0.0370. The quantitative estimate of drug-likeness (QED) is 0.780. The molecule has 2 rings (SSSR count). The first-order chi connectivity index (χ1) is 7.70. The molecule has 0 aromatic carbocycles. The van der Waals surface area contributed by atoms with Crippen LogP contribution in [0.2, 0.25) is 0 Å². The Labute approximate surface area is 100 Å². The van der Waals surface area contributed by atoms with Crippen LogP contribution in [0.4, 0.5) is 0 Å². The Morgan fingerprint density at radius 2 is 2.56 bits per heavy atom. The van der Waals surface area contributed by atoms with Gasteiger partial charge in [-0.1, -0.05) is 12.8 Å². The molecule has 3 heteroatoms. The zero-order valence-electron chi connectivity index (χ0n) is 9.38. The summed E-state index contributed by atoms with van der Waals surface area (Å²) in [4.78, 5) is 13.9. The average molecular weight is 233 g/mol. The van der Waals surface area contributed by atoms with Gasteiger partial charge in [-0.25, -0.2) is 0 Å². The van der Waals surface area contributed by atoms with Gasteiger partial charge in [0.2, 0.25) is 0 Å². The predicted molar refractivity (Wildman–Crippen MR) is 66.7 cm³/mol. The lowest BCUT2D eigenvalue weighted by atomic mass is 9.90. The van der Waals surface area contributed by atoms with Crippen LogP contribution < -0.4 is 5.32 Å². The van der Waals surface area contributed by atoms with E-state index in [4.69, 9.17) is 6.42 Å². The van der Waals surface area contributed by atoms with Crippen molar-refractivity contribution in [3.8, 4) is 12.3 Å². The number of aryl methyl sites for hydroxylation is 1. The van der Waals surface area contributed by atoms with Crippen LogP contribution >= 0.6 is 11.3 Å². The van der Waals surface area contributed by atoms with Gasteiger partial charge in [0.1, 0.15) is 0 Å². The monoisotopic (exact) mass is 233 g/mol. The van der Waals surface area contributed by atoms with Gasteiger partial charge in [0, 0.05) is 4.88 Å². The lowest BCUT2D eigenvalue weighted by Crippen LogP contribution is -2.22. The van der Waals surface area contributed by atoms with Crippen molar-refractivity contribution in [2.45, 2.75) is 26.2 Å². The van der Waals surface area contributed by atoms with Crippen molar-refractivity contribution < 1.29 is 4.79 Å². The maximum atomic E-state index is 11.7. The number of thiophene rings is 1. The van der Waals surface area contributed by atoms with E-state index in [0.717, 1.165) is 23.6 Å². The van der Waals surface area contributed by atoms with E-state index in [1.54, 1.807) is 11.3 Å². The maximum absolute atomic E-state index is 11.7. The Bertz CT molecular complexity index is 441. The van der Waals surface area contributed by atoms with E-state index < -0.39 is 0 Å². The second kappa shape index (κ2) is 4.71. The minimum absolute atomic E-state index is 0.0370. The van der Waals surface area contributed by atoms with Crippen LogP contribution in [0.5, 0.6) is 0 Å². The second-order valence-corrected chi connectivity index (χ2v) is 5.43. The first-order valence-corrected chi connectivity index (χ1v) is 6.35. The van der Waals surface area contributed by atoms with Gasteiger partial charge in [-0.15, -0.1) is 17.8 Å². The van der Waals surface area contributed by atoms with Crippen LogP contribution in [-0.4, -0.2) is 12.5 Å². The first kappa shape index (κ1) is 11.2. The highest BCUT2D eigenvalue weighted by molar-refractivity contribution is 7.14. The molecule has 0 aliphatic heterocycles. The molecule has 1 aromatic heterocycles. The van der Waals surface area contributed by atoms with E-state index in [9.17, 15) is 4.79 Å². The van der Waals surface area contributed by atoms with Gasteiger partial charge in [0.05, 0.1) is 11.4 Å². The molecule has 0 saturated carbocycles. The highest BCUT2D eigenvalue weighted by Crippen LogP contribution is 2.32. The molecule has 0 bridgehead atoms.